The summed E-state index contributed by atoms with van der Waals surface area (Å²) >= 11 is 0. The predicted molar refractivity (Wildman–Crippen MR) is 42.5 cm³/mol. The van der Waals surface area contributed by atoms with E-state index in [0.717, 1.165) is 6.42 Å². The molecule has 1 aliphatic rings. The van der Waals surface area contributed by atoms with Gasteiger partial charge in [0.1, 0.15) is 6.42 Å². The molecule has 14 heavy (non-hydrogen) atoms. The van der Waals surface area contributed by atoms with Crippen molar-refractivity contribution in [2.45, 2.75) is 37.5 Å². The first-order chi connectivity index (χ1) is 6.31. The number of carbonyl (C=O) groups excluding carboxylic acids is 1. The largest absolute Gasteiger partial charge is 0.397 e. The van der Waals surface area contributed by atoms with Gasteiger partial charge in [0.25, 0.3) is 0 Å². The number of rotatable bonds is 3. The van der Waals surface area contributed by atoms with E-state index in [2.05, 4.69) is 5.32 Å². The summed E-state index contributed by atoms with van der Waals surface area (Å²) in [5.74, 6) is -1.09. The van der Waals surface area contributed by atoms with Crippen LogP contribution in [0.25, 0.3) is 0 Å². The van der Waals surface area contributed by atoms with Gasteiger partial charge in [-0.15, -0.1) is 0 Å². The van der Waals surface area contributed by atoms with Gasteiger partial charge in [0, 0.05) is 6.54 Å². The number of amides is 1. The number of nitrogens with one attached hydrogen (secondary N) is 1. The van der Waals surface area contributed by atoms with Gasteiger partial charge in [-0.2, -0.15) is 13.2 Å². The van der Waals surface area contributed by atoms with E-state index in [1.54, 1.807) is 0 Å². The maximum absolute atomic E-state index is 11.7. The van der Waals surface area contributed by atoms with Gasteiger partial charge >= 0.3 is 6.18 Å². The van der Waals surface area contributed by atoms with Crippen LogP contribution in [0.3, 0.4) is 0 Å². The average Bonchev–Trinajstić information content (AvgIpc) is 1.94. The smallest absolute Gasteiger partial charge is 0.388 e. The van der Waals surface area contributed by atoms with Crippen LogP contribution in [-0.4, -0.2) is 29.3 Å². The Kier molecular flexibility index (Phi) is 3.04. The first kappa shape index (κ1) is 11.3. The lowest BCUT2D eigenvalue weighted by Gasteiger charge is -2.36. The van der Waals surface area contributed by atoms with Crippen molar-refractivity contribution >= 4 is 5.91 Å². The van der Waals surface area contributed by atoms with Crippen molar-refractivity contribution in [2.24, 2.45) is 0 Å². The molecule has 0 saturated heterocycles. The zero-order valence-electron chi connectivity index (χ0n) is 7.52. The van der Waals surface area contributed by atoms with E-state index < -0.39 is 24.1 Å². The van der Waals surface area contributed by atoms with E-state index in [-0.39, 0.29) is 6.54 Å². The lowest BCUT2D eigenvalue weighted by molar-refractivity contribution is -0.155. The molecular formula is C8H12F3NO2. The summed E-state index contributed by atoms with van der Waals surface area (Å²) in [6.07, 6.45) is -4.03. The molecule has 82 valence electrons. The highest BCUT2D eigenvalue weighted by atomic mass is 19.4. The number of hydrogen-bond acceptors (Lipinski definition) is 2. The molecule has 0 aromatic carbocycles. The molecule has 1 rings (SSSR count). The van der Waals surface area contributed by atoms with Crippen molar-refractivity contribution in [3.63, 3.8) is 0 Å². The molecule has 1 fully saturated rings. The lowest BCUT2D eigenvalue weighted by atomic mass is 9.80. The number of alkyl halides is 3. The SMILES string of the molecule is O=C(CC(F)(F)F)NCC1(O)CCC1. The van der Waals surface area contributed by atoms with Crippen LogP contribution in [0.5, 0.6) is 0 Å². The highest BCUT2D eigenvalue weighted by molar-refractivity contribution is 5.76. The zero-order valence-corrected chi connectivity index (χ0v) is 7.52. The minimum atomic E-state index is -4.48. The second-order valence-electron chi connectivity index (χ2n) is 3.65. The highest BCUT2D eigenvalue weighted by Gasteiger charge is 2.36. The van der Waals surface area contributed by atoms with Gasteiger partial charge in [-0.25, -0.2) is 0 Å². The van der Waals surface area contributed by atoms with Gasteiger partial charge in [0.2, 0.25) is 5.91 Å². The maximum atomic E-state index is 11.7. The molecule has 0 atom stereocenters. The molecular weight excluding hydrogens is 199 g/mol. The van der Waals surface area contributed by atoms with E-state index >= 15 is 0 Å². The first-order valence-electron chi connectivity index (χ1n) is 4.37. The molecule has 1 aliphatic carbocycles. The second-order valence-corrected chi connectivity index (χ2v) is 3.65. The van der Waals surface area contributed by atoms with Crippen LogP contribution >= 0.6 is 0 Å². The van der Waals surface area contributed by atoms with Gasteiger partial charge in [-0.3, -0.25) is 4.79 Å². The fraction of sp³-hybridized carbons (Fsp3) is 0.875. The summed E-state index contributed by atoms with van der Waals surface area (Å²) in [5.41, 5.74) is -0.971. The van der Waals surface area contributed by atoms with E-state index in [1.807, 2.05) is 0 Å². The Morgan fingerprint density at radius 2 is 2.00 bits per heavy atom. The number of carbonyl (C=O) groups is 1. The van der Waals surface area contributed by atoms with Crippen LogP contribution in [0.1, 0.15) is 25.7 Å². The fourth-order valence-electron chi connectivity index (χ4n) is 1.27. The number of halogens is 3. The summed E-state index contributed by atoms with van der Waals surface area (Å²) in [6, 6.07) is 0. The summed E-state index contributed by atoms with van der Waals surface area (Å²) in [6.45, 7) is -0.0814. The normalized spacial score (nSPS) is 20.0. The predicted octanol–water partition coefficient (Wildman–Crippen LogP) is 0.970. The third-order valence-electron chi connectivity index (χ3n) is 2.26. The molecule has 3 nitrogen and oxygen atoms in total. The molecule has 6 heteroatoms. The molecule has 0 heterocycles. The highest BCUT2D eigenvalue weighted by Crippen LogP contribution is 2.30. The van der Waals surface area contributed by atoms with Crippen molar-refractivity contribution in [1.29, 1.82) is 0 Å². The van der Waals surface area contributed by atoms with Crippen LogP contribution in [0.15, 0.2) is 0 Å². The molecule has 1 amide bonds. The van der Waals surface area contributed by atoms with Crippen LogP contribution in [-0.2, 0) is 4.79 Å². The van der Waals surface area contributed by atoms with Gasteiger partial charge < -0.3 is 10.4 Å². The lowest BCUT2D eigenvalue weighted by Crippen LogP contribution is -2.48. The van der Waals surface area contributed by atoms with Gasteiger partial charge in [-0.05, 0) is 19.3 Å². The van der Waals surface area contributed by atoms with Gasteiger partial charge in [0.15, 0.2) is 0 Å². The van der Waals surface area contributed by atoms with Gasteiger partial charge in [-0.1, -0.05) is 0 Å². The molecule has 0 radical (unpaired) electrons. The van der Waals surface area contributed by atoms with E-state index in [4.69, 9.17) is 0 Å². The monoisotopic (exact) mass is 211 g/mol. The average molecular weight is 211 g/mol. The van der Waals surface area contributed by atoms with Crippen molar-refractivity contribution in [1.82, 2.24) is 5.32 Å². The van der Waals surface area contributed by atoms with Crippen LogP contribution in [0.2, 0.25) is 0 Å². The Balaban J connectivity index is 2.21. The summed E-state index contributed by atoms with van der Waals surface area (Å²) < 4.78 is 35.1. The van der Waals surface area contributed by atoms with Crippen molar-refractivity contribution < 1.29 is 23.1 Å². The minimum absolute atomic E-state index is 0.0814. The third kappa shape index (κ3) is 3.53. The zero-order chi connectivity index (χ0) is 10.8. The fourth-order valence-corrected chi connectivity index (χ4v) is 1.27. The van der Waals surface area contributed by atoms with E-state index in [0.29, 0.717) is 12.8 Å². The Labute approximate surface area is 79.3 Å². The minimum Gasteiger partial charge on any atom is -0.388 e. The van der Waals surface area contributed by atoms with Crippen molar-refractivity contribution in [2.75, 3.05) is 6.54 Å². The molecule has 2 N–H and O–H groups in total. The Hall–Kier alpha value is -0.780. The maximum Gasteiger partial charge on any atom is 0.397 e. The van der Waals surface area contributed by atoms with E-state index in [1.165, 1.54) is 0 Å². The van der Waals surface area contributed by atoms with Crippen LogP contribution in [0, 0.1) is 0 Å². The molecule has 0 aliphatic heterocycles. The Morgan fingerprint density at radius 3 is 2.36 bits per heavy atom. The third-order valence-corrected chi connectivity index (χ3v) is 2.26. The summed E-state index contributed by atoms with van der Waals surface area (Å²) in [7, 11) is 0. The number of hydrogen-bond donors (Lipinski definition) is 2. The topological polar surface area (TPSA) is 49.3 Å². The summed E-state index contributed by atoms with van der Waals surface area (Å²) in [5, 5.41) is 11.5. The second kappa shape index (κ2) is 3.76. The number of aliphatic hydroxyl groups is 1. The standard InChI is InChI=1S/C8H12F3NO2/c9-8(10,11)4-6(13)12-5-7(14)2-1-3-7/h14H,1-5H2,(H,12,13). The molecule has 0 unspecified atom stereocenters. The molecule has 1 saturated carbocycles. The van der Waals surface area contributed by atoms with Crippen molar-refractivity contribution in [3.8, 4) is 0 Å². The van der Waals surface area contributed by atoms with Gasteiger partial charge in [0.05, 0.1) is 5.60 Å². The van der Waals surface area contributed by atoms with E-state index in [9.17, 15) is 23.1 Å². The Bertz CT molecular complexity index is 223. The molecule has 0 aromatic heterocycles. The van der Waals surface area contributed by atoms with Crippen molar-refractivity contribution in [3.05, 3.63) is 0 Å². The molecule has 0 bridgehead atoms. The molecule has 0 aromatic rings. The Morgan fingerprint density at radius 1 is 1.43 bits per heavy atom. The van der Waals surface area contributed by atoms with Crippen LogP contribution in [0.4, 0.5) is 13.2 Å². The first-order valence-corrected chi connectivity index (χ1v) is 4.37. The summed E-state index contributed by atoms with van der Waals surface area (Å²) in [4.78, 5) is 10.7. The quantitative estimate of drug-likeness (QED) is 0.730. The van der Waals surface area contributed by atoms with Crippen LogP contribution < -0.4 is 5.32 Å². The molecule has 0 spiro atoms.